The van der Waals surface area contributed by atoms with Gasteiger partial charge in [-0.15, -0.1) is 11.3 Å². The highest BCUT2D eigenvalue weighted by atomic mass is 32.1. The van der Waals surface area contributed by atoms with Gasteiger partial charge in [0.05, 0.1) is 15.2 Å². The molecule has 0 aliphatic heterocycles. The molecule has 2 bridgehead atoms. The van der Waals surface area contributed by atoms with Gasteiger partial charge in [0.15, 0.2) is 0 Å². The summed E-state index contributed by atoms with van der Waals surface area (Å²) >= 11 is 1.70. The van der Waals surface area contributed by atoms with E-state index < -0.39 is 0 Å². The van der Waals surface area contributed by atoms with Gasteiger partial charge in [0.1, 0.15) is 0 Å². The van der Waals surface area contributed by atoms with Gasteiger partial charge in [-0.05, 0) is 56.1 Å². The number of rotatable bonds is 5. The van der Waals surface area contributed by atoms with Crippen LogP contribution in [0.3, 0.4) is 0 Å². The zero-order valence-electron chi connectivity index (χ0n) is 13.6. The summed E-state index contributed by atoms with van der Waals surface area (Å²) in [7, 11) is 0. The summed E-state index contributed by atoms with van der Waals surface area (Å²) in [5, 5.41) is 4.31. The standard InChI is InChI=1S/C19H24N2OS/c1-12(15-11-13-6-7-14(15)10-13)20-18(22)8-9-19-21-16-4-2-3-5-17(16)23-19/h2-5,12-15H,6-11H2,1H3,(H,20,22)/t12-,13+,14+,15+/m1/s1. The average Bonchev–Trinajstić information content (AvgIpc) is 3.26. The number of hydrogen-bond donors (Lipinski definition) is 1. The maximum absolute atomic E-state index is 12.3. The molecule has 2 fully saturated rings. The van der Waals surface area contributed by atoms with Crippen LogP contribution in [0.4, 0.5) is 0 Å². The molecular formula is C19H24N2OS. The summed E-state index contributed by atoms with van der Waals surface area (Å²) in [5.41, 5.74) is 1.04. The third-order valence-corrected chi connectivity index (χ3v) is 6.82. The summed E-state index contributed by atoms with van der Waals surface area (Å²) in [6.07, 6.45) is 6.81. The molecule has 0 radical (unpaired) electrons. The number of fused-ring (bicyclic) bond motifs is 3. The van der Waals surface area contributed by atoms with Crippen molar-refractivity contribution in [1.82, 2.24) is 10.3 Å². The highest BCUT2D eigenvalue weighted by Gasteiger charge is 2.42. The Morgan fingerprint density at radius 2 is 2.22 bits per heavy atom. The fraction of sp³-hybridized carbons (Fsp3) is 0.579. The molecule has 4 rings (SSSR count). The largest absolute Gasteiger partial charge is 0.353 e. The van der Waals surface area contributed by atoms with E-state index in [9.17, 15) is 4.79 Å². The molecule has 1 amide bonds. The summed E-state index contributed by atoms with van der Waals surface area (Å²) in [4.78, 5) is 16.9. The molecule has 1 N–H and O–H groups in total. The molecule has 2 aliphatic carbocycles. The normalized spacial score (nSPS) is 27.4. The van der Waals surface area contributed by atoms with E-state index in [1.807, 2.05) is 18.2 Å². The minimum absolute atomic E-state index is 0.180. The highest BCUT2D eigenvalue weighted by molar-refractivity contribution is 7.18. The van der Waals surface area contributed by atoms with E-state index in [1.54, 1.807) is 11.3 Å². The number of carbonyl (C=O) groups is 1. The van der Waals surface area contributed by atoms with Crippen LogP contribution in [0.25, 0.3) is 10.2 Å². The summed E-state index contributed by atoms with van der Waals surface area (Å²) in [6.45, 7) is 2.20. The number of benzene rings is 1. The third-order valence-electron chi connectivity index (χ3n) is 5.73. The van der Waals surface area contributed by atoms with Crippen molar-refractivity contribution in [2.75, 3.05) is 0 Å². The molecular weight excluding hydrogens is 304 g/mol. The molecule has 2 aliphatic rings. The van der Waals surface area contributed by atoms with Crippen LogP contribution >= 0.6 is 11.3 Å². The number of carbonyl (C=O) groups excluding carboxylic acids is 1. The molecule has 0 spiro atoms. The molecule has 1 aromatic heterocycles. The third kappa shape index (κ3) is 3.14. The highest BCUT2D eigenvalue weighted by Crippen LogP contribution is 2.49. The SMILES string of the molecule is C[C@@H](NC(=O)CCc1nc2ccccc2s1)[C@@H]1C[C@H]2CC[C@H]1C2. The van der Waals surface area contributed by atoms with Gasteiger partial charge in [0.2, 0.25) is 5.91 Å². The van der Waals surface area contributed by atoms with Crippen LogP contribution in [0.15, 0.2) is 24.3 Å². The summed E-state index contributed by atoms with van der Waals surface area (Å²) in [5.74, 6) is 2.69. The predicted octanol–water partition coefficient (Wildman–Crippen LogP) is 4.17. The Kier molecular flexibility index (Phi) is 4.10. The topological polar surface area (TPSA) is 42.0 Å². The second kappa shape index (κ2) is 6.23. The fourth-order valence-corrected chi connectivity index (χ4v) is 5.55. The average molecular weight is 328 g/mol. The number of para-hydroxylation sites is 1. The lowest BCUT2D eigenvalue weighted by atomic mass is 9.84. The molecule has 122 valence electrons. The molecule has 0 unspecified atom stereocenters. The van der Waals surface area contributed by atoms with Crippen LogP contribution in [-0.4, -0.2) is 16.9 Å². The number of hydrogen-bond acceptors (Lipinski definition) is 3. The Morgan fingerprint density at radius 3 is 2.96 bits per heavy atom. The lowest BCUT2D eigenvalue weighted by Gasteiger charge is -2.28. The van der Waals surface area contributed by atoms with Gasteiger partial charge in [-0.25, -0.2) is 4.98 Å². The van der Waals surface area contributed by atoms with Gasteiger partial charge in [-0.3, -0.25) is 4.79 Å². The summed E-state index contributed by atoms with van der Waals surface area (Å²) < 4.78 is 1.21. The molecule has 0 saturated heterocycles. The minimum Gasteiger partial charge on any atom is -0.353 e. The smallest absolute Gasteiger partial charge is 0.220 e. The van der Waals surface area contributed by atoms with Crippen molar-refractivity contribution in [3.8, 4) is 0 Å². The van der Waals surface area contributed by atoms with Gasteiger partial charge >= 0.3 is 0 Å². The van der Waals surface area contributed by atoms with Crippen molar-refractivity contribution in [3.05, 3.63) is 29.3 Å². The first-order valence-electron chi connectivity index (χ1n) is 8.83. The van der Waals surface area contributed by atoms with Crippen LogP contribution in [-0.2, 0) is 11.2 Å². The van der Waals surface area contributed by atoms with Gasteiger partial charge < -0.3 is 5.32 Å². The van der Waals surface area contributed by atoms with E-state index in [-0.39, 0.29) is 5.91 Å². The van der Waals surface area contributed by atoms with Crippen molar-refractivity contribution in [2.45, 2.75) is 51.5 Å². The first-order valence-corrected chi connectivity index (χ1v) is 9.64. The van der Waals surface area contributed by atoms with E-state index in [0.29, 0.717) is 18.4 Å². The van der Waals surface area contributed by atoms with E-state index in [4.69, 9.17) is 0 Å². The van der Waals surface area contributed by atoms with Crippen LogP contribution in [0.2, 0.25) is 0 Å². The number of nitrogens with one attached hydrogen (secondary N) is 1. The Morgan fingerprint density at radius 1 is 1.35 bits per heavy atom. The molecule has 4 heteroatoms. The van der Waals surface area contributed by atoms with Crippen molar-refractivity contribution in [3.63, 3.8) is 0 Å². The quantitative estimate of drug-likeness (QED) is 0.895. The Labute approximate surface area is 141 Å². The predicted molar refractivity (Wildman–Crippen MR) is 94.5 cm³/mol. The Hall–Kier alpha value is -1.42. The number of nitrogens with zero attached hydrogens (tertiary/aromatic N) is 1. The lowest BCUT2D eigenvalue weighted by molar-refractivity contribution is -0.122. The first kappa shape index (κ1) is 15.1. The first-order chi connectivity index (χ1) is 11.2. The maximum atomic E-state index is 12.3. The molecule has 23 heavy (non-hydrogen) atoms. The van der Waals surface area contributed by atoms with E-state index >= 15 is 0 Å². The van der Waals surface area contributed by atoms with Crippen molar-refractivity contribution in [1.29, 1.82) is 0 Å². The minimum atomic E-state index is 0.180. The molecule has 3 nitrogen and oxygen atoms in total. The second-order valence-corrected chi connectivity index (χ2v) is 8.39. The molecule has 1 aromatic carbocycles. The zero-order valence-corrected chi connectivity index (χ0v) is 14.4. The monoisotopic (exact) mass is 328 g/mol. The van der Waals surface area contributed by atoms with Gasteiger partial charge in [0.25, 0.3) is 0 Å². The Balaban J connectivity index is 1.30. The fourth-order valence-electron chi connectivity index (χ4n) is 4.59. The lowest BCUT2D eigenvalue weighted by Crippen LogP contribution is -2.40. The maximum Gasteiger partial charge on any atom is 0.220 e. The molecule has 4 atom stereocenters. The number of thiazole rings is 1. The summed E-state index contributed by atoms with van der Waals surface area (Å²) in [6, 6.07) is 8.50. The second-order valence-electron chi connectivity index (χ2n) is 7.27. The van der Waals surface area contributed by atoms with Gasteiger partial charge in [-0.1, -0.05) is 18.6 Å². The van der Waals surface area contributed by atoms with Crippen LogP contribution in [0.5, 0.6) is 0 Å². The number of amides is 1. The Bertz CT molecular complexity index is 677. The number of aryl methyl sites for hydroxylation is 1. The van der Waals surface area contributed by atoms with Crippen LogP contribution in [0, 0.1) is 17.8 Å². The number of aromatic nitrogens is 1. The molecule has 2 saturated carbocycles. The van der Waals surface area contributed by atoms with Gasteiger partial charge in [-0.2, -0.15) is 0 Å². The van der Waals surface area contributed by atoms with Crippen LogP contribution < -0.4 is 5.32 Å². The molecule has 2 aromatic rings. The van der Waals surface area contributed by atoms with E-state index in [2.05, 4.69) is 23.3 Å². The van der Waals surface area contributed by atoms with Crippen molar-refractivity contribution < 1.29 is 4.79 Å². The van der Waals surface area contributed by atoms with E-state index in [0.717, 1.165) is 28.8 Å². The van der Waals surface area contributed by atoms with Crippen LogP contribution in [0.1, 0.15) is 44.0 Å². The zero-order chi connectivity index (χ0) is 15.8. The van der Waals surface area contributed by atoms with Gasteiger partial charge in [0, 0.05) is 18.9 Å². The van der Waals surface area contributed by atoms with E-state index in [1.165, 1.54) is 30.4 Å². The van der Waals surface area contributed by atoms with Crippen molar-refractivity contribution in [2.24, 2.45) is 17.8 Å². The molecule has 1 heterocycles. The van der Waals surface area contributed by atoms with Crippen molar-refractivity contribution >= 4 is 27.5 Å².